The fourth-order valence-corrected chi connectivity index (χ4v) is 6.81. The van der Waals surface area contributed by atoms with Gasteiger partial charge in [0.2, 0.25) is 5.91 Å². The van der Waals surface area contributed by atoms with E-state index < -0.39 is 5.54 Å². The molecule has 0 spiro atoms. The number of carbonyl (C=O) groups excluding carboxylic acids is 2. The third-order valence-corrected chi connectivity index (χ3v) is 9.10. The van der Waals surface area contributed by atoms with Gasteiger partial charge in [0, 0.05) is 17.5 Å². The molecule has 1 fully saturated rings. The molecule has 6 heteroatoms. The van der Waals surface area contributed by atoms with Crippen LogP contribution in [-0.2, 0) is 24.2 Å². The SMILES string of the molecule is CCc1cc2c(cc3n2CC(C)(C(=O)NC2CCCCCC2)N(CCCc2ccccc2)C3=O)s1. The first kappa shape index (κ1) is 24.1. The minimum absolute atomic E-state index is 0.00379. The van der Waals surface area contributed by atoms with Crippen molar-refractivity contribution < 1.29 is 9.59 Å². The monoisotopic (exact) mass is 491 g/mol. The minimum Gasteiger partial charge on any atom is -0.351 e. The molecule has 35 heavy (non-hydrogen) atoms. The summed E-state index contributed by atoms with van der Waals surface area (Å²) < 4.78 is 3.25. The number of hydrogen-bond acceptors (Lipinski definition) is 3. The van der Waals surface area contributed by atoms with Crippen molar-refractivity contribution in [3.63, 3.8) is 0 Å². The van der Waals surface area contributed by atoms with Crippen LogP contribution in [0.3, 0.4) is 0 Å². The van der Waals surface area contributed by atoms with Crippen molar-refractivity contribution in [2.75, 3.05) is 6.54 Å². The maximum absolute atomic E-state index is 13.9. The number of thiophene rings is 1. The van der Waals surface area contributed by atoms with Crippen LogP contribution in [0.2, 0.25) is 0 Å². The Morgan fingerprint density at radius 1 is 1.11 bits per heavy atom. The van der Waals surface area contributed by atoms with Gasteiger partial charge in [-0.05, 0) is 56.7 Å². The van der Waals surface area contributed by atoms with Gasteiger partial charge in [-0.15, -0.1) is 11.3 Å². The third kappa shape index (κ3) is 4.77. The van der Waals surface area contributed by atoms with E-state index >= 15 is 0 Å². The second-order valence-corrected chi connectivity index (χ2v) is 11.6. The Labute approximate surface area is 212 Å². The summed E-state index contributed by atoms with van der Waals surface area (Å²) in [5.74, 6) is -0.0276. The van der Waals surface area contributed by atoms with Crippen LogP contribution in [0.4, 0.5) is 0 Å². The molecular formula is C29H37N3O2S. The number of carbonyl (C=O) groups is 2. The van der Waals surface area contributed by atoms with Crippen molar-refractivity contribution in [3.8, 4) is 0 Å². The van der Waals surface area contributed by atoms with E-state index in [0.29, 0.717) is 18.8 Å². The summed E-state index contributed by atoms with van der Waals surface area (Å²) in [5.41, 5.74) is 2.16. The number of aryl methyl sites for hydroxylation is 2. The number of hydrogen-bond donors (Lipinski definition) is 1. The van der Waals surface area contributed by atoms with Crippen LogP contribution in [0.1, 0.15) is 79.7 Å². The number of benzene rings is 1. The Kier molecular flexibility index (Phi) is 7.01. The number of aromatic nitrogens is 1. The molecule has 0 bridgehead atoms. The van der Waals surface area contributed by atoms with Crippen molar-refractivity contribution in [3.05, 3.63) is 58.6 Å². The molecule has 3 aromatic rings. The van der Waals surface area contributed by atoms with E-state index in [4.69, 9.17) is 0 Å². The van der Waals surface area contributed by atoms with E-state index in [-0.39, 0.29) is 17.9 Å². The van der Waals surface area contributed by atoms with E-state index in [9.17, 15) is 9.59 Å². The molecule has 1 saturated carbocycles. The Morgan fingerprint density at radius 2 is 1.86 bits per heavy atom. The summed E-state index contributed by atoms with van der Waals surface area (Å²) in [5, 5.41) is 3.37. The summed E-state index contributed by atoms with van der Waals surface area (Å²) in [4.78, 5) is 31.0. The summed E-state index contributed by atoms with van der Waals surface area (Å²) in [6.45, 7) is 5.20. The smallest absolute Gasteiger partial charge is 0.271 e. The largest absolute Gasteiger partial charge is 0.351 e. The number of nitrogens with zero attached hydrogens (tertiary/aromatic N) is 2. The molecule has 2 amide bonds. The molecule has 2 aliphatic rings. The van der Waals surface area contributed by atoms with Gasteiger partial charge in [-0.3, -0.25) is 9.59 Å². The minimum atomic E-state index is -0.909. The van der Waals surface area contributed by atoms with E-state index in [1.165, 1.54) is 36.1 Å². The zero-order valence-electron chi connectivity index (χ0n) is 21.0. The quantitative estimate of drug-likeness (QED) is 0.415. The zero-order chi connectivity index (χ0) is 24.4. The van der Waals surface area contributed by atoms with Crippen molar-refractivity contribution in [1.29, 1.82) is 0 Å². The van der Waals surface area contributed by atoms with E-state index in [1.807, 2.05) is 24.0 Å². The van der Waals surface area contributed by atoms with Crippen LogP contribution in [0, 0.1) is 0 Å². The zero-order valence-corrected chi connectivity index (χ0v) is 21.8. The number of fused-ring (bicyclic) bond motifs is 3. The second kappa shape index (κ2) is 10.2. The Balaban J connectivity index is 1.43. The Bertz CT molecular complexity index is 1190. The van der Waals surface area contributed by atoms with Crippen LogP contribution in [-0.4, -0.2) is 39.4 Å². The normalized spacial score (nSPS) is 21.2. The van der Waals surface area contributed by atoms with Crippen molar-refractivity contribution in [2.24, 2.45) is 0 Å². The lowest BCUT2D eigenvalue weighted by atomic mass is 9.93. The van der Waals surface area contributed by atoms with Crippen molar-refractivity contribution in [2.45, 2.75) is 89.8 Å². The molecular weight excluding hydrogens is 454 g/mol. The van der Waals surface area contributed by atoms with Crippen LogP contribution < -0.4 is 5.32 Å². The molecule has 0 radical (unpaired) electrons. The highest BCUT2D eigenvalue weighted by Crippen LogP contribution is 2.36. The van der Waals surface area contributed by atoms with Crippen molar-refractivity contribution >= 4 is 33.4 Å². The molecule has 1 aliphatic carbocycles. The topological polar surface area (TPSA) is 54.3 Å². The fourth-order valence-electron chi connectivity index (χ4n) is 5.76. The average Bonchev–Trinajstić information content (AvgIpc) is 3.30. The lowest BCUT2D eigenvalue weighted by Crippen LogP contribution is -2.65. The maximum Gasteiger partial charge on any atom is 0.271 e. The number of rotatable bonds is 7. The van der Waals surface area contributed by atoms with Crippen LogP contribution in [0.5, 0.6) is 0 Å². The number of nitrogens with one attached hydrogen (secondary N) is 1. The second-order valence-electron chi connectivity index (χ2n) is 10.4. The molecule has 1 atom stereocenters. The summed E-state index contributed by atoms with van der Waals surface area (Å²) in [6, 6.07) is 14.8. The van der Waals surface area contributed by atoms with E-state index in [1.54, 1.807) is 11.3 Å². The Hall–Kier alpha value is -2.60. The van der Waals surface area contributed by atoms with Gasteiger partial charge in [-0.2, -0.15) is 0 Å². The average molecular weight is 492 g/mol. The van der Waals surface area contributed by atoms with Crippen LogP contribution in [0.25, 0.3) is 10.2 Å². The molecule has 186 valence electrons. The lowest BCUT2D eigenvalue weighted by Gasteiger charge is -2.44. The van der Waals surface area contributed by atoms with Gasteiger partial charge in [0.05, 0.1) is 16.8 Å². The summed E-state index contributed by atoms with van der Waals surface area (Å²) >= 11 is 1.76. The van der Waals surface area contributed by atoms with Crippen LogP contribution >= 0.6 is 11.3 Å². The molecule has 1 aliphatic heterocycles. The standard InChI is InChI=1S/C29H37N3O2S/c1-3-23-18-24-26(35-23)19-25-27(33)32(17-11-14-21-12-7-6-8-13-21)29(2,20-31(24)25)28(34)30-22-15-9-4-5-10-16-22/h6-8,12-13,18-19,22H,3-5,9-11,14-17,20H2,1-2H3,(H,30,34). The van der Waals surface area contributed by atoms with Gasteiger partial charge in [-0.25, -0.2) is 0 Å². The lowest BCUT2D eigenvalue weighted by molar-refractivity contribution is -0.133. The summed E-state index contributed by atoms with van der Waals surface area (Å²) in [7, 11) is 0. The first-order valence-corrected chi connectivity index (χ1v) is 14.1. The van der Waals surface area contributed by atoms with Gasteiger partial charge in [0.15, 0.2) is 0 Å². The third-order valence-electron chi connectivity index (χ3n) is 7.88. The predicted molar refractivity (Wildman–Crippen MR) is 143 cm³/mol. The molecule has 1 N–H and O–H groups in total. The van der Waals surface area contributed by atoms with Gasteiger partial charge < -0.3 is 14.8 Å². The van der Waals surface area contributed by atoms with Gasteiger partial charge in [-0.1, -0.05) is 62.9 Å². The first-order valence-electron chi connectivity index (χ1n) is 13.3. The molecule has 1 unspecified atom stereocenters. The molecule has 2 aromatic heterocycles. The van der Waals surface area contributed by atoms with E-state index in [0.717, 1.165) is 42.3 Å². The first-order chi connectivity index (χ1) is 17.0. The fraction of sp³-hybridized carbons (Fsp3) is 0.517. The Morgan fingerprint density at radius 3 is 2.57 bits per heavy atom. The molecule has 5 nitrogen and oxygen atoms in total. The molecule has 0 saturated heterocycles. The van der Waals surface area contributed by atoms with Gasteiger partial charge >= 0.3 is 0 Å². The van der Waals surface area contributed by atoms with Crippen LogP contribution in [0.15, 0.2) is 42.5 Å². The maximum atomic E-state index is 13.9. The highest BCUT2D eigenvalue weighted by molar-refractivity contribution is 7.19. The molecule has 5 rings (SSSR count). The summed E-state index contributed by atoms with van der Waals surface area (Å²) in [6.07, 6.45) is 9.59. The molecule has 1 aromatic carbocycles. The number of amides is 2. The highest BCUT2D eigenvalue weighted by atomic mass is 32.1. The van der Waals surface area contributed by atoms with E-state index in [2.05, 4.69) is 47.1 Å². The van der Waals surface area contributed by atoms with Gasteiger partial charge in [0.1, 0.15) is 11.2 Å². The predicted octanol–water partition coefficient (Wildman–Crippen LogP) is 5.95. The van der Waals surface area contributed by atoms with Gasteiger partial charge in [0.25, 0.3) is 5.91 Å². The van der Waals surface area contributed by atoms with Crippen molar-refractivity contribution in [1.82, 2.24) is 14.8 Å². The highest BCUT2D eigenvalue weighted by Gasteiger charge is 2.48. The molecule has 3 heterocycles.